The lowest BCUT2D eigenvalue weighted by molar-refractivity contribution is -0.140. The normalized spacial score (nSPS) is 31.1. The largest absolute Gasteiger partial charge is 0.497 e. The van der Waals surface area contributed by atoms with Crippen LogP contribution in [-0.2, 0) is 11.3 Å². The molecular formula is C22H27N3O2. The number of ether oxygens (including phenoxy) is 1. The average molecular weight is 365 g/mol. The first-order chi connectivity index (χ1) is 13.1. The molecule has 4 bridgehead atoms. The van der Waals surface area contributed by atoms with E-state index in [0.717, 1.165) is 54.1 Å². The molecular weight excluding hydrogens is 338 g/mol. The van der Waals surface area contributed by atoms with Crippen molar-refractivity contribution >= 4 is 11.7 Å². The highest BCUT2D eigenvalue weighted by Gasteiger charge is 2.54. The third kappa shape index (κ3) is 3.03. The molecule has 1 aromatic heterocycles. The molecule has 2 aromatic rings. The van der Waals surface area contributed by atoms with Gasteiger partial charge < -0.3 is 10.1 Å². The van der Waals surface area contributed by atoms with Crippen molar-refractivity contribution in [2.45, 2.75) is 45.1 Å². The van der Waals surface area contributed by atoms with Gasteiger partial charge in [-0.15, -0.1) is 0 Å². The number of aromatic nitrogens is 2. The molecule has 5 nitrogen and oxygen atoms in total. The van der Waals surface area contributed by atoms with Crippen LogP contribution >= 0.6 is 0 Å². The Morgan fingerprint density at radius 3 is 2.33 bits per heavy atom. The molecule has 4 saturated carbocycles. The van der Waals surface area contributed by atoms with E-state index in [1.807, 2.05) is 35.0 Å². The van der Waals surface area contributed by atoms with Crippen LogP contribution in [0.5, 0.6) is 5.75 Å². The number of methoxy groups -OCH3 is 1. The highest BCUT2D eigenvalue weighted by molar-refractivity contribution is 5.95. The van der Waals surface area contributed by atoms with Gasteiger partial charge in [0.25, 0.3) is 0 Å². The molecule has 1 aromatic carbocycles. The summed E-state index contributed by atoms with van der Waals surface area (Å²) in [6.07, 6.45) is 9.05. The quantitative estimate of drug-likeness (QED) is 0.868. The molecule has 1 heterocycles. The lowest BCUT2D eigenvalue weighted by Gasteiger charge is -2.55. The van der Waals surface area contributed by atoms with E-state index in [0.29, 0.717) is 6.54 Å². The number of hydrogen-bond acceptors (Lipinski definition) is 3. The van der Waals surface area contributed by atoms with Crippen LogP contribution in [0.25, 0.3) is 0 Å². The van der Waals surface area contributed by atoms with Gasteiger partial charge >= 0.3 is 0 Å². The van der Waals surface area contributed by atoms with E-state index in [-0.39, 0.29) is 11.3 Å². The first-order valence-corrected chi connectivity index (χ1v) is 10.1. The Morgan fingerprint density at radius 2 is 1.74 bits per heavy atom. The summed E-state index contributed by atoms with van der Waals surface area (Å²) in [4.78, 5) is 13.3. The van der Waals surface area contributed by atoms with Crippen LogP contribution in [0.1, 0.15) is 44.1 Å². The summed E-state index contributed by atoms with van der Waals surface area (Å²) in [7, 11) is 1.67. The number of amides is 1. The Balaban J connectivity index is 1.31. The van der Waals surface area contributed by atoms with Crippen molar-refractivity contribution in [3.63, 3.8) is 0 Å². The van der Waals surface area contributed by atoms with Crippen LogP contribution < -0.4 is 10.1 Å². The Hall–Kier alpha value is -2.30. The number of nitrogens with one attached hydrogen (secondary N) is 1. The molecule has 4 aliphatic carbocycles. The van der Waals surface area contributed by atoms with Crippen molar-refractivity contribution in [1.29, 1.82) is 0 Å². The molecule has 4 aliphatic rings. The number of carbonyl (C=O) groups excluding carboxylic acids is 1. The first-order valence-electron chi connectivity index (χ1n) is 10.1. The zero-order valence-electron chi connectivity index (χ0n) is 15.9. The topological polar surface area (TPSA) is 56.1 Å². The zero-order chi connectivity index (χ0) is 18.4. The van der Waals surface area contributed by atoms with Crippen LogP contribution in [0, 0.1) is 23.2 Å². The Morgan fingerprint density at radius 1 is 1.11 bits per heavy atom. The second-order valence-corrected chi connectivity index (χ2v) is 8.87. The fourth-order valence-corrected chi connectivity index (χ4v) is 6.11. The number of carbonyl (C=O) groups is 1. The van der Waals surface area contributed by atoms with Crippen LogP contribution in [0.15, 0.2) is 36.5 Å². The minimum Gasteiger partial charge on any atom is -0.497 e. The molecule has 0 radical (unpaired) electrons. The first kappa shape index (κ1) is 16.8. The number of anilines is 1. The van der Waals surface area contributed by atoms with Gasteiger partial charge in [0.15, 0.2) is 0 Å². The standard InChI is InChI=1S/C22H27N3O2/c1-27-19-4-2-15(3-5-19)14-25-20(6-7-23-25)24-21(26)22-11-16-8-17(12-22)10-18(9-16)13-22/h2-7,16-18H,8-14H2,1H3,(H,24,26). The van der Waals surface area contributed by atoms with E-state index < -0.39 is 0 Å². The van der Waals surface area contributed by atoms with Gasteiger partial charge in [-0.1, -0.05) is 12.1 Å². The van der Waals surface area contributed by atoms with E-state index >= 15 is 0 Å². The minimum absolute atomic E-state index is 0.135. The average Bonchev–Trinajstić information content (AvgIpc) is 3.08. The van der Waals surface area contributed by atoms with Gasteiger partial charge in [-0.2, -0.15) is 5.10 Å². The van der Waals surface area contributed by atoms with Crippen LogP contribution in [0.3, 0.4) is 0 Å². The van der Waals surface area contributed by atoms with Crippen LogP contribution in [0.4, 0.5) is 5.82 Å². The molecule has 1 N–H and O–H groups in total. The maximum atomic E-state index is 13.3. The van der Waals surface area contributed by atoms with E-state index in [9.17, 15) is 4.79 Å². The Kier molecular flexibility index (Phi) is 3.99. The predicted molar refractivity (Wildman–Crippen MR) is 104 cm³/mol. The van der Waals surface area contributed by atoms with Crippen LogP contribution in [-0.4, -0.2) is 22.8 Å². The second-order valence-electron chi connectivity index (χ2n) is 8.87. The summed E-state index contributed by atoms with van der Waals surface area (Å²) in [5, 5.41) is 7.65. The molecule has 0 unspecified atom stereocenters. The highest BCUT2D eigenvalue weighted by atomic mass is 16.5. The third-order valence-corrected chi connectivity index (χ3v) is 6.97. The fraction of sp³-hybridized carbons (Fsp3) is 0.545. The van der Waals surface area contributed by atoms with Crippen LogP contribution in [0.2, 0.25) is 0 Å². The van der Waals surface area contributed by atoms with E-state index in [1.54, 1.807) is 13.3 Å². The Labute approximate surface area is 160 Å². The van der Waals surface area contributed by atoms with Gasteiger partial charge in [-0.05, 0) is 74.0 Å². The fourth-order valence-electron chi connectivity index (χ4n) is 6.11. The van der Waals surface area contributed by atoms with E-state index in [4.69, 9.17) is 4.74 Å². The smallest absolute Gasteiger partial charge is 0.231 e. The van der Waals surface area contributed by atoms with Gasteiger partial charge in [0.2, 0.25) is 5.91 Å². The van der Waals surface area contributed by atoms with Gasteiger partial charge in [-0.3, -0.25) is 4.79 Å². The van der Waals surface area contributed by atoms with Crippen molar-refractivity contribution in [2.24, 2.45) is 23.2 Å². The summed E-state index contributed by atoms with van der Waals surface area (Å²) >= 11 is 0. The number of rotatable bonds is 5. The minimum atomic E-state index is -0.135. The van der Waals surface area contributed by atoms with Gasteiger partial charge in [0, 0.05) is 6.07 Å². The van der Waals surface area contributed by atoms with E-state index in [1.165, 1.54) is 19.3 Å². The molecule has 1 amide bonds. The molecule has 4 fully saturated rings. The maximum absolute atomic E-state index is 13.3. The van der Waals surface area contributed by atoms with Crippen molar-refractivity contribution in [3.05, 3.63) is 42.1 Å². The third-order valence-electron chi connectivity index (χ3n) is 6.97. The summed E-state index contributed by atoms with van der Waals surface area (Å²) in [5.41, 5.74) is 0.994. The zero-order valence-corrected chi connectivity index (χ0v) is 15.9. The lowest BCUT2D eigenvalue weighted by Crippen LogP contribution is -2.51. The molecule has 0 spiro atoms. The molecule has 142 valence electrons. The molecule has 0 atom stereocenters. The van der Waals surface area contributed by atoms with Crippen molar-refractivity contribution in [1.82, 2.24) is 9.78 Å². The van der Waals surface area contributed by atoms with Gasteiger partial charge in [0.05, 0.1) is 25.3 Å². The van der Waals surface area contributed by atoms with Gasteiger partial charge in [-0.25, -0.2) is 4.68 Å². The maximum Gasteiger partial charge on any atom is 0.231 e. The summed E-state index contributed by atoms with van der Waals surface area (Å²) < 4.78 is 7.09. The molecule has 5 heteroatoms. The van der Waals surface area contributed by atoms with Gasteiger partial charge in [0.1, 0.15) is 11.6 Å². The monoisotopic (exact) mass is 365 g/mol. The summed E-state index contributed by atoms with van der Waals surface area (Å²) in [6, 6.07) is 9.87. The van der Waals surface area contributed by atoms with Crippen molar-refractivity contribution < 1.29 is 9.53 Å². The second kappa shape index (κ2) is 6.39. The highest BCUT2D eigenvalue weighted by Crippen LogP contribution is 2.60. The molecule has 6 rings (SSSR count). The summed E-state index contributed by atoms with van der Waals surface area (Å²) in [5.74, 6) is 4.17. The summed E-state index contributed by atoms with van der Waals surface area (Å²) in [6.45, 7) is 0.632. The molecule has 27 heavy (non-hydrogen) atoms. The predicted octanol–water partition coefficient (Wildman–Crippen LogP) is 4.09. The van der Waals surface area contributed by atoms with E-state index in [2.05, 4.69) is 10.4 Å². The number of benzene rings is 1. The van der Waals surface area contributed by atoms with Crippen molar-refractivity contribution in [3.8, 4) is 5.75 Å². The Bertz CT molecular complexity index is 804. The SMILES string of the molecule is COc1ccc(Cn2nccc2NC(=O)C23CC4CC(CC(C4)C2)C3)cc1. The lowest BCUT2D eigenvalue weighted by atomic mass is 9.49. The number of hydrogen-bond donors (Lipinski definition) is 1. The molecule has 0 saturated heterocycles. The number of nitrogens with zero attached hydrogens (tertiary/aromatic N) is 2. The molecule has 0 aliphatic heterocycles. The van der Waals surface area contributed by atoms with Crippen molar-refractivity contribution in [2.75, 3.05) is 12.4 Å².